The molecule has 0 radical (unpaired) electrons. The zero-order chi connectivity index (χ0) is 30.9. The van der Waals surface area contributed by atoms with Crippen LogP contribution in [0.25, 0.3) is 0 Å². The molecule has 0 fully saturated rings. The first-order chi connectivity index (χ1) is 20.4. The third kappa shape index (κ3) is 34.1. The van der Waals surface area contributed by atoms with E-state index in [4.69, 9.17) is 24.1 Å². The molecule has 11 nitrogen and oxygen atoms in total. The highest BCUT2D eigenvalue weighted by atomic mass is 16.5. The number of aliphatic carboxylic acids is 1. The van der Waals surface area contributed by atoms with Crippen LogP contribution in [0.3, 0.4) is 0 Å². The van der Waals surface area contributed by atoms with Gasteiger partial charge in [0.05, 0.1) is 39.6 Å². The lowest BCUT2D eigenvalue weighted by atomic mass is 10.0. The van der Waals surface area contributed by atoms with Crippen LogP contribution in [-0.4, -0.2) is 94.6 Å². The Bertz CT molecular complexity index is 677. The van der Waals surface area contributed by atoms with Gasteiger partial charge in [-0.05, 0) is 19.8 Å². The molecule has 0 aromatic rings. The number of carboxylic acids is 1. The molecule has 42 heavy (non-hydrogen) atoms. The largest absolute Gasteiger partial charge is 0.481 e. The monoisotopic (exact) mass is 602 g/mol. The first kappa shape index (κ1) is 39.9. The molecule has 11 heteroatoms. The fourth-order valence-electron chi connectivity index (χ4n) is 4.17. The van der Waals surface area contributed by atoms with Crippen LogP contribution in [0.2, 0.25) is 0 Å². The van der Waals surface area contributed by atoms with E-state index in [9.17, 15) is 19.2 Å². The Morgan fingerprint density at radius 2 is 0.857 bits per heavy atom. The van der Waals surface area contributed by atoms with Crippen molar-refractivity contribution in [2.75, 3.05) is 65.9 Å². The van der Waals surface area contributed by atoms with Gasteiger partial charge in [-0.15, -0.1) is 0 Å². The van der Waals surface area contributed by atoms with Crippen molar-refractivity contribution in [2.45, 2.75) is 110 Å². The van der Waals surface area contributed by atoms with E-state index in [2.05, 4.69) is 10.6 Å². The summed E-state index contributed by atoms with van der Waals surface area (Å²) in [6.07, 6.45) is 17.2. The molecule has 0 spiro atoms. The Morgan fingerprint density at radius 3 is 1.31 bits per heavy atom. The Kier molecular flexibility index (Phi) is 30.3. The number of Topliss-reactive ketones (excluding diaryl/α,β-unsaturated/α-hetero) is 1. The quantitative estimate of drug-likeness (QED) is 0.0940. The van der Waals surface area contributed by atoms with Crippen LogP contribution in [-0.2, 0) is 38.1 Å². The average molecular weight is 603 g/mol. The van der Waals surface area contributed by atoms with Gasteiger partial charge in [0.2, 0.25) is 11.8 Å². The van der Waals surface area contributed by atoms with Crippen molar-refractivity contribution in [1.82, 2.24) is 10.6 Å². The van der Waals surface area contributed by atoms with Gasteiger partial charge in [0.15, 0.2) is 5.78 Å². The summed E-state index contributed by atoms with van der Waals surface area (Å²) < 4.78 is 21.0. The van der Waals surface area contributed by atoms with Gasteiger partial charge < -0.3 is 34.7 Å². The predicted octanol–water partition coefficient (Wildman–Crippen LogP) is 4.20. The molecule has 0 unspecified atom stereocenters. The first-order valence-corrected chi connectivity index (χ1v) is 16.0. The Morgan fingerprint density at radius 1 is 0.476 bits per heavy atom. The second-order valence-electron chi connectivity index (χ2n) is 10.6. The molecule has 0 rings (SSSR count). The van der Waals surface area contributed by atoms with Crippen LogP contribution in [0, 0.1) is 0 Å². The number of carbonyl (C=O) groups is 4. The smallest absolute Gasteiger partial charge is 0.303 e. The van der Waals surface area contributed by atoms with E-state index < -0.39 is 5.97 Å². The number of hydrogen-bond donors (Lipinski definition) is 3. The lowest BCUT2D eigenvalue weighted by Crippen LogP contribution is -2.31. The number of ether oxygens (including phenoxy) is 4. The topological polar surface area (TPSA) is 149 Å². The van der Waals surface area contributed by atoms with Crippen LogP contribution >= 0.6 is 0 Å². The lowest BCUT2D eigenvalue weighted by Gasteiger charge is -2.08. The number of amides is 2. The third-order valence-corrected chi connectivity index (χ3v) is 6.46. The summed E-state index contributed by atoms with van der Waals surface area (Å²) in [6, 6.07) is 0. The van der Waals surface area contributed by atoms with E-state index in [1.165, 1.54) is 64.7 Å². The number of rotatable bonds is 33. The molecule has 2 amide bonds. The molecular formula is C31H58N2O9. The summed E-state index contributed by atoms with van der Waals surface area (Å²) in [7, 11) is 0. The highest BCUT2D eigenvalue weighted by Gasteiger charge is 2.03. The summed E-state index contributed by atoms with van der Waals surface area (Å²) in [6.45, 7) is 4.43. The van der Waals surface area contributed by atoms with Gasteiger partial charge in [0, 0.05) is 25.9 Å². The van der Waals surface area contributed by atoms with Crippen LogP contribution in [0.1, 0.15) is 110 Å². The second kappa shape index (κ2) is 31.8. The van der Waals surface area contributed by atoms with Crippen LogP contribution in [0.15, 0.2) is 0 Å². The maximum atomic E-state index is 11.9. The summed E-state index contributed by atoms with van der Waals surface area (Å²) >= 11 is 0. The van der Waals surface area contributed by atoms with Crippen molar-refractivity contribution >= 4 is 23.6 Å². The molecule has 246 valence electrons. The predicted molar refractivity (Wildman–Crippen MR) is 161 cm³/mol. The first-order valence-electron chi connectivity index (χ1n) is 16.0. The van der Waals surface area contributed by atoms with Crippen LogP contribution in [0.5, 0.6) is 0 Å². The van der Waals surface area contributed by atoms with E-state index in [0.717, 1.165) is 32.1 Å². The SMILES string of the molecule is CC(=O)COCCOCCNC(=O)COCCOCCNC(=O)CCCCCCCCCCCCCCCCC(=O)O. The summed E-state index contributed by atoms with van der Waals surface area (Å²) in [4.78, 5) is 44.8. The zero-order valence-corrected chi connectivity index (χ0v) is 26.1. The lowest BCUT2D eigenvalue weighted by molar-refractivity contribution is -0.137. The second-order valence-corrected chi connectivity index (χ2v) is 10.6. The molecule has 0 bridgehead atoms. The standard InChI is InChI=1S/C31H58N2O9/c1-28(34)26-41-24-22-40-21-19-33-30(36)27-42-25-23-39-20-18-32-29(35)16-14-12-10-8-6-4-2-3-5-7-9-11-13-15-17-31(37)38/h2-27H2,1H3,(H,32,35)(H,33,36)(H,37,38). The molecule has 0 aromatic carbocycles. The Labute approximate surface area is 253 Å². The minimum atomic E-state index is -0.689. The van der Waals surface area contributed by atoms with Gasteiger partial charge in [0.1, 0.15) is 13.2 Å². The van der Waals surface area contributed by atoms with Gasteiger partial charge in [-0.25, -0.2) is 0 Å². The van der Waals surface area contributed by atoms with Crippen molar-refractivity contribution in [2.24, 2.45) is 0 Å². The normalized spacial score (nSPS) is 11.0. The van der Waals surface area contributed by atoms with Crippen molar-refractivity contribution in [3.05, 3.63) is 0 Å². The molecule has 0 aromatic heterocycles. The number of ketones is 1. The molecule has 0 aliphatic heterocycles. The Hall–Kier alpha value is -2.08. The molecule has 0 aliphatic carbocycles. The van der Waals surface area contributed by atoms with E-state index >= 15 is 0 Å². The van der Waals surface area contributed by atoms with Crippen molar-refractivity contribution in [3.8, 4) is 0 Å². The molecule has 0 saturated carbocycles. The molecule has 0 aliphatic rings. The highest BCUT2D eigenvalue weighted by molar-refractivity contribution is 5.77. The number of unbranched alkanes of at least 4 members (excludes halogenated alkanes) is 13. The number of carboxylic acid groups (broad SMARTS) is 1. The van der Waals surface area contributed by atoms with E-state index in [-0.39, 0.29) is 30.8 Å². The van der Waals surface area contributed by atoms with Crippen molar-refractivity contribution in [3.63, 3.8) is 0 Å². The number of carbonyl (C=O) groups excluding carboxylic acids is 3. The van der Waals surface area contributed by atoms with Gasteiger partial charge >= 0.3 is 5.97 Å². The molecule has 3 N–H and O–H groups in total. The summed E-state index contributed by atoms with van der Waals surface area (Å²) in [5.41, 5.74) is 0. The number of hydrogen-bond acceptors (Lipinski definition) is 8. The molecular weight excluding hydrogens is 544 g/mol. The summed E-state index contributed by atoms with van der Waals surface area (Å²) in [5.74, 6) is -0.894. The fourth-order valence-corrected chi connectivity index (χ4v) is 4.17. The summed E-state index contributed by atoms with van der Waals surface area (Å²) in [5, 5.41) is 14.2. The van der Waals surface area contributed by atoms with Gasteiger partial charge in [-0.2, -0.15) is 0 Å². The minimum absolute atomic E-state index is 0.0298. The Balaban J connectivity index is 3.26. The van der Waals surface area contributed by atoms with Crippen molar-refractivity contribution in [1.29, 1.82) is 0 Å². The van der Waals surface area contributed by atoms with Gasteiger partial charge in [0.25, 0.3) is 0 Å². The maximum Gasteiger partial charge on any atom is 0.303 e. The highest BCUT2D eigenvalue weighted by Crippen LogP contribution is 2.13. The third-order valence-electron chi connectivity index (χ3n) is 6.46. The average Bonchev–Trinajstić information content (AvgIpc) is 2.95. The minimum Gasteiger partial charge on any atom is -0.481 e. The van der Waals surface area contributed by atoms with Gasteiger partial charge in [-0.1, -0.05) is 77.0 Å². The molecule has 0 atom stereocenters. The number of nitrogens with one attached hydrogen (secondary N) is 2. The van der Waals surface area contributed by atoms with E-state index in [0.29, 0.717) is 65.6 Å². The maximum absolute atomic E-state index is 11.9. The van der Waals surface area contributed by atoms with Crippen LogP contribution < -0.4 is 10.6 Å². The zero-order valence-electron chi connectivity index (χ0n) is 26.1. The molecule has 0 heterocycles. The van der Waals surface area contributed by atoms with Crippen LogP contribution in [0.4, 0.5) is 0 Å². The fraction of sp³-hybridized carbons (Fsp3) is 0.871. The van der Waals surface area contributed by atoms with Gasteiger partial charge in [-0.3, -0.25) is 19.2 Å². The van der Waals surface area contributed by atoms with E-state index in [1.807, 2.05) is 0 Å². The molecule has 0 saturated heterocycles. The van der Waals surface area contributed by atoms with Crippen molar-refractivity contribution < 1.29 is 43.2 Å². The van der Waals surface area contributed by atoms with E-state index in [1.54, 1.807) is 0 Å².